The number of pyridine rings is 2. The Balaban J connectivity index is 1.05. The van der Waals surface area contributed by atoms with Crippen LogP contribution in [-0.4, -0.2) is 27.3 Å². The summed E-state index contributed by atoms with van der Waals surface area (Å²) in [6, 6.07) is 8.26. The number of rotatable bonds is 8. The fourth-order valence-electron chi connectivity index (χ4n) is 6.28. The summed E-state index contributed by atoms with van der Waals surface area (Å²) in [5, 5.41) is 7.56. The van der Waals surface area contributed by atoms with Crippen LogP contribution in [0.15, 0.2) is 53.6 Å². The van der Waals surface area contributed by atoms with Crippen LogP contribution in [0.25, 0.3) is 22.0 Å². The predicted molar refractivity (Wildman–Crippen MR) is 147 cm³/mol. The minimum atomic E-state index is -0.121. The Hall–Kier alpha value is -2.67. The number of halogens is 2. The molecule has 3 heterocycles. The Kier molecular flexibility index (Phi) is 6.10. The summed E-state index contributed by atoms with van der Waals surface area (Å²) in [5.74, 6) is 2.19. The summed E-state index contributed by atoms with van der Waals surface area (Å²) >= 11 is 13.0. The highest BCUT2D eigenvalue weighted by Crippen LogP contribution is 2.55. The van der Waals surface area contributed by atoms with Gasteiger partial charge in [0.25, 0.3) is 0 Å². The van der Waals surface area contributed by atoms with Crippen molar-refractivity contribution in [3.63, 3.8) is 0 Å². The van der Waals surface area contributed by atoms with Gasteiger partial charge in [0, 0.05) is 51.8 Å². The molecule has 38 heavy (non-hydrogen) atoms. The van der Waals surface area contributed by atoms with Gasteiger partial charge in [0.1, 0.15) is 17.2 Å². The lowest BCUT2D eigenvalue weighted by atomic mass is 9.59. The Labute approximate surface area is 231 Å². The summed E-state index contributed by atoms with van der Waals surface area (Å²) in [6.07, 6.45) is 15.5. The zero-order valence-corrected chi connectivity index (χ0v) is 22.6. The first-order valence-electron chi connectivity index (χ1n) is 13.4. The summed E-state index contributed by atoms with van der Waals surface area (Å²) in [7, 11) is 0. The van der Waals surface area contributed by atoms with Gasteiger partial charge in [-0.3, -0.25) is 9.97 Å². The smallest absolute Gasteiger partial charge is 0.145 e. The molecule has 0 saturated heterocycles. The molecule has 8 heteroatoms. The molecule has 4 fully saturated rings. The van der Waals surface area contributed by atoms with Crippen LogP contribution in [-0.2, 0) is 11.3 Å². The zero-order valence-electron chi connectivity index (χ0n) is 21.1. The third-order valence-electron chi connectivity index (χ3n) is 8.88. The van der Waals surface area contributed by atoms with Crippen molar-refractivity contribution >= 4 is 34.0 Å². The van der Waals surface area contributed by atoms with Gasteiger partial charge in [-0.25, -0.2) is 0 Å². The van der Waals surface area contributed by atoms with Crippen molar-refractivity contribution in [2.45, 2.75) is 69.5 Å². The van der Waals surface area contributed by atoms with Crippen molar-refractivity contribution in [2.24, 2.45) is 5.41 Å². The standard InChI is InChI=1S/C30H29Cl2N3O3/c31-23-14-34-15-24(32)26(23)27-22(28(38-35-27)19-5-6-19)17-37-30-10-7-29(8-11-30,9-12-30)18-36-25-16-33-13-20-3-1-2-4-21(20)25/h1-4,13-16,19H,5-12,17-18H2. The monoisotopic (exact) mass is 549 g/mol. The maximum absolute atomic E-state index is 6.78. The molecule has 0 aliphatic heterocycles. The van der Waals surface area contributed by atoms with E-state index in [2.05, 4.69) is 27.3 Å². The van der Waals surface area contributed by atoms with Crippen molar-refractivity contribution in [3.8, 4) is 17.0 Å². The van der Waals surface area contributed by atoms with Gasteiger partial charge in [-0.2, -0.15) is 0 Å². The van der Waals surface area contributed by atoms with Crippen molar-refractivity contribution < 1.29 is 14.0 Å². The van der Waals surface area contributed by atoms with E-state index in [1.165, 1.54) is 0 Å². The van der Waals surface area contributed by atoms with E-state index >= 15 is 0 Å². The number of hydrogen-bond acceptors (Lipinski definition) is 6. The first-order chi connectivity index (χ1) is 18.5. The van der Waals surface area contributed by atoms with Gasteiger partial charge >= 0.3 is 0 Å². The van der Waals surface area contributed by atoms with Gasteiger partial charge in [-0.1, -0.05) is 52.6 Å². The summed E-state index contributed by atoms with van der Waals surface area (Å²) in [4.78, 5) is 8.47. The molecule has 196 valence electrons. The Bertz CT molecular complexity index is 1450. The fraction of sp³-hybridized carbons (Fsp3) is 0.433. The second kappa shape index (κ2) is 9.51. The van der Waals surface area contributed by atoms with Crippen LogP contribution >= 0.6 is 23.2 Å². The molecule has 3 aromatic heterocycles. The number of nitrogens with zero attached hydrogens (tertiary/aromatic N) is 3. The number of ether oxygens (including phenoxy) is 2. The second-order valence-electron chi connectivity index (χ2n) is 11.2. The minimum absolute atomic E-state index is 0.121. The topological polar surface area (TPSA) is 70.3 Å². The van der Waals surface area contributed by atoms with Gasteiger partial charge in [0.2, 0.25) is 0 Å². The zero-order chi connectivity index (χ0) is 25.7. The lowest BCUT2D eigenvalue weighted by Gasteiger charge is -2.52. The van der Waals surface area contributed by atoms with E-state index in [0.29, 0.717) is 33.8 Å². The lowest BCUT2D eigenvalue weighted by Crippen LogP contribution is -2.49. The number of benzene rings is 1. The average Bonchev–Trinajstić information content (AvgIpc) is 3.72. The van der Waals surface area contributed by atoms with Crippen LogP contribution in [0.4, 0.5) is 0 Å². The van der Waals surface area contributed by atoms with Crippen LogP contribution in [0.5, 0.6) is 5.75 Å². The van der Waals surface area contributed by atoms with E-state index in [-0.39, 0.29) is 11.0 Å². The molecule has 4 saturated carbocycles. The molecule has 0 atom stereocenters. The van der Waals surface area contributed by atoms with E-state index in [1.54, 1.807) is 12.4 Å². The number of hydrogen-bond donors (Lipinski definition) is 0. The summed E-state index contributed by atoms with van der Waals surface area (Å²) < 4.78 is 19.0. The first-order valence-corrected chi connectivity index (χ1v) is 14.2. The molecular weight excluding hydrogens is 521 g/mol. The Morgan fingerprint density at radius 1 is 0.895 bits per heavy atom. The molecule has 0 radical (unpaired) electrons. The molecular formula is C30H29Cl2N3O3. The Morgan fingerprint density at radius 3 is 2.34 bits per heavy atom. The first kappa shape index (κ1) is 24.4. The van der Waals surface area contributed by atoms with Crippen molar-refractivity contribution in [2.75, 3.05) is 6.61 Å². The maximum Gasteiger partial charge on any atom is 0.145 e. The molecule has 4 aliphatic carbocycles. The second-order valence-corrected chi connectivity index (χ2v) is 12.1. The van der Waals surface area contributed by atoms with Gasteiger partial charge < -0.3 is 14.0 Å². The Morgan fingerprint density at radius 2 is 1.61 bits per heavy atom. The van der Waals surface area contributed by atoms with Crippen LogP contribution in [0.3, 0.4) is 0 Å². The fourth-order valence-corrected chi connectivity index (χ4v) is 6.83. The SMILES string of the molecule is Clc1cncc(Cl)c1-c1noc(C2CC2)c1COC12CCC(COc3cncc4ccccc34)(CC1)CC2. The van der Waals surface area contributed by atoms with E-state index in [4.69, 9.17) is 37.2 Å². The molecule has 4 aliphatic rings. The van der Waals surface area contributed by atoms with Crippen molar-refractivity contribution in [1.82, 2.24) is 15.1 Å². The normalized spacial score (nSPS) is 24.7. The lowest BCUT2D eigenvalue weighted by molar-refractivity contribution is -0.150. The molecule has 8 rings (SSSR count). The third-order valence-corrected chi connectivity index (χ3v) is 9.45. The van der Waals surface area contributed by atoms with Crippen LogP contribution in [0.1, 0.15) is 68.6 Å². The van der Waals surface area contributed by atoms with E-state index in [0.717, 1.165) is 85.8 Å². The van der Waals surface area contributed by atoms with Crippen molar-refractivity contribution in [3.05, 3.63) is 70.4 Å². The molecule has 0 N–H and O–H groups in total. The highest BCUT2D eigenvalue weighted by molar-refractivity contribution is 6.38. The van der Waals surface area contributed by atoms with Crippen LogP contribution < -0.4 is 4.74 Å². The molecule has 6 nitrogen and oxygen atoms in total. The minimum Gasteiger partial charge on any atom is -0.491 e. The van der Waals surface area contributed by atoms with E-state index in [1.807, 2.05) is 24.5 Å². The van der Waals surface area contributed by atoms with E-state index in [9.17, 15) is 0 Å². The predicted octanol–water partition coefficient (Wildman–Crippen LogP) is 8.16. The average molecular weight is 550 g/mol. The highest BCUT2D eigenvalue weighted by Gasteiger charge is 2.50. The summed E-state index contributed by atoms with van der Waals surface area (Å²) in [5.41, 5.74) is 2.40. The maximum atomic E-state index is 6.78. The molecule has 0 amide bonds. The summed E-state index contributed by atoms with van der Waals surface area (Å²) in [6.45, 7) is 1.17. The van der Waals surface area contributed by atoms with Gasteiger partial charge in [-0.15, -0.1) is 0 Å². The van der Waals surface area contributed by atoms with Crippen LogP contribution in [0.2, 0.25) is 10.0 Å². The van der Waals surface area contributed by atoms with E-state index < -0.39 is 0 Å². The third kappa shape index (κ3) is 4.37. The number of aromatic nitrogens is 3. The van der Waals surface area contributed by atoms with Crippen molar-refractivity contribution in [1.29, 1.82) is 0 Å². The largest absolute Gasteiger partial charge is 0.491 e. The quantitative estimate of drug-likeness (QED) is 0.221. The van der Waals surface area contributed by atoms with Gasteiger partial charge in [-0.05, 0) is 51.4 Å². The molecule has 1 aromatic carbocycles. The van der Waals surface area contributed by atoms with Gasteiger partial charge in [0.05, 0.1) is 35.1 Å². The number of fused-ring (bicyclic) bond motifs is 4. The van der Waals surface area contributed by atoms with Gasteiger partial charge in [0.15, 0.2) is 0 Å². The molecule has 0 unspecified atom stereocenters. The molecule has 0 spiro atoms. The molecule has 4 aromatic rings. The molecule has 2 bridgehead atoms. The van der Waals surface area contributed by atoms with Crippen LogP contribution in [0, 0.1) is 5.41 Å². The highest BCUT2D eigenvalue weighted by atomic mass is 35.5.